The molecule has 8 heteroatoms. The van der Waals surface area contributed by atoms with Gasteiger partial charge in [-0.25, -0.2) is 10.1 Å². The predicted octanol–water partition coefficient (Wildman–Crippen LogP) is 3.18. The zero-order valence-corrected chi connectivity index (χ0v) is 14.6. The third kappa shape index (κ3) is 2.91. The molecule has 130 valence electrons. The highest BCUT2D eigenvalue weighted by Gasteiger charge is 2.16. The first-order valence-electron chi connectivity index (χ1n) is 7.98. The van der Waals surface area contributed by atoms with Gasteiger partial charge in [0.15, 0.2) is 10.8 Å². The molecule has 0 saturated heterocycles. The van der Waals surface area contributed by atoms with Crippen LogP contribution in [0.4, 0.5) is 5.13 Å². The normalized spacial score (nSPS) is 11.0. The van der Waals surface area contributed by atoms with Gasteiger partial charge in [-0.05, 0) is 31.2 Å². The number of hydrogen-bond donors (Lipinski definition) is 2. The molecule has 0 aliphatic carbocycles. The fourth-order valence-corrected chi connectivity index (χ4v) is 3.55. The molecule has 2 aromatic carbocycles. The van der Waals surface area contributed by atoms with Crippen LogP contribution in [0.2, 0.25) is 0 Å². The van der Waals surface area contributed by atoms with Gasteiger partial charge in [0.1, 0.15) is 5.75 Å². The number of thiazole rings is 1. The smallest absolute Gasteiger partial charge is 0.278 e. The van der Waals surface area contributed by atoms with Gasteiger partial charge in [0.2, 0.25) is 0 Å². The van der Waals surface area contributed by atoms with E-state index in [1.54, 1.807) is 24.3 Å². The average Bonchev–Trinajstić information content (AvgIpc) is 3.04. The van der Waals surface area contributed by atoms with Gasteiger partial charge in [0.25, 0.3) is 11.5 Å². The summed E-state index contributed by atoms with van der Waals surface area (Å²) in [6.45, 7) is 2.50. The Morgan fingerprint density at radius 2 is 2.04 bits per heavy atom. The first kappa shape index (κ1) is 16.2. The number of rotatable bonds is 4. The summed E-state index contributed by atoms with van der Waals surface area (Å²) in [7, 11) is 0. The van der Waals surface area contributed by atoms with Crippen molar-refractivity contribution in [3.8, 4) is 5.75 Å². The van der Waals surface area contributed by atoms with Crippen LogP contribution in [-0.2, 0) is 0 Å². The summed E-state index contributed by atoms with van der Waals surface area (Å²) in [6.07, 6.45) is 0. The van der Waals surface area contributed by atoms with E-state index in [0.717, 1.165) is 16.0 Å². The number of fused-ring (bicyclic) bond motifs is 2. The fourth-order valence-electron chi connectivity index (χ4n) is 2.66. The number of H-pyrrole nitrogens is 1. The zero-order valence-electron chi connectivity index (χ0n) is 13.8. The second-order valence-electron chi connectivity index (χ2n) is 5.48. The maximum absolute atomic E-state index is 12.6. The first-order chi connectivity index (χ1) is 12.7. The molecule has 2 heterocycles. The van der Waals surface area contributed by atoms with Gasteiger partial charge in [-0.3, -0.25) is 14.9 Å². The molecule has 0 spiro atoms. The lowest BCUT2D eigenvalue weighted by atomic mass is 10.1. The SMILES string of the molecule is CCOc1ccc2nc(NC(=O)c3n[nH]c(=O)c4ccccc34)sc2c1. The Morgan fingerprint density at radius 1 is 1.23 bits per heavy atom. The van der Waals surface area contributed by atoms with E-state index in [0.29, 0.717) is 22.5 Å². The van der Waals surface area contributed by atoms with E-state index in [9.17, 15) is 9.59 Å². The van der Waals surface area contributed by atoms with Crippen LogP contribution in [0.15, 0.2) is 47.3 Å². The molecule has 4 aromatic rings. The number of aromatic nitrogens is 3. The van der Waals surface area contributed by atoms with Gasteiger partial charge in [-0.1, -0.05) is 29.5 Å². The Labute approximate surface area is 151 Å². The highest BCUT2D eigenvalue weighted by Crippen LogP contribution is 2.29. The van der Waals surface area contributed by atoms with Crippen molar-refractivity contribution in [3.63, 3.8) is 0 Å². The third-order valence-corrected chi connectivity index (χ3v) is 4.74. The van der Waals surface area contributed by atoms with E-state index < -0.39 is 5.91 Å². The molecular weight excluding hydrogens is 352 g/mol. The molecule has 1 amide bonds. The molecule has 0 bridgehead atoms. The maximum atomic E-state index is 12.6. The van der Waals surface area contributed by atoms with E-state index in [1.807, 2.05) is 25.1 Å². The van der Waals surface area contributed by atoms with Crippen molar-refractivity contribution < 1.29 is 9.53 Å². The van der Waals surface area contributed by atoms with Crippen LogP contribution < -0.4 is 15.6 Å². The van der Waals surface area contributed by atoms with Crippen molar-refractivity contribution in [2.24, 2.45) is 0 Å². The van der Waals surface area contributed by atoms with Crippen molar-refractivity contribution in [1.29, 1.82) is 0 Å². The van der Waals surface area contributed by atoms with Crippen LogP contribution in [-0.4, -0.2) is 27.7 Å². The summed E-state index contributed by atoms with van der Waals surface area (Å²) in [6, 6.07) is 12.4. The number of nitrogens with one attached hydrogen (secondary N) is 2. The number of amides is 1. The molecule has 4 rings (SSSR count). The lowest BCUT2D eigenvalue weighted by molar-refractivity contribution is 0.102. The molecule has 0 aliphatic heterocycles. The van der Waals surface area contributed by atoms with Crippen LogP contribution in [0.3, 0.4) is 0 Å². The van der Waals surface area contributed by atoms with Gasteiger partial charge in [0.05, 0.1) is 22.2 Å². The van der Waals surface area contributed by atoms with Gasteiger partial charge in [0, 0.05) is 5.39 Å². The molecule has 0 aliphatic rings. The van der Waals surface area contributed by atoms with Crippen LogP contribution in [0.1, 0.15) is 17.4 Å². The van der Waals surface area contributed by atoms with E-state index >= 15 is 0 Å². The summed E-state index contributed by atoms with van der Waals surface area (Å²) in [5.74, 6) is 0.330. The molecule has 2 N–H and O–H groups in total. The molecule has 0 atom stereocenters. The third-order valence-electron chi connectivity index (χ3n) is 3.80. The van der Waals surface area contributed by atoms with E-state index in [4.69, 9.17) is 4.74 Å². The van der Waals surface area contributed by atoms with Crippen molar-refractivity contribution in [3.05, 3.63) is 58.5 Å². The zero-order chi connectivity index (χ0) is 18.1. The number of carbonyl (C=O) groups excluding carboxylic acids is 1. The minimum Gasteiger partial charge on any atom is -0.494 e. The molecular formula is C18H14N4O3S. The number of ether oxygens (including phenoxy) is 1. The van der Waals surface area contributed by atoms with Crippen molar-refractivity contribution >= 4 is 43.4 Å². The molecule has 26 heavy (non-hydrogen) atoms. The largest absolute Gasteiger partial charge is 0.494 e. The minimum atomic E-state index is -0.429. The van der Waals surface area contributed by atoms with Gasteiger partial charge in [-0.15, -0.1) is 0 Å². The highest BCUT2D eigenvalue weighted by atomic mass is 32.1. The molecule has 7 nitrogen and oxygen atoms in total. The first-order valence-corrected chi connectivity index (χ1v) is 8.79. The number of aromatic amines is 1. The van der Waals surface area contributed by atoms with Gasteiger partial charge in [-0.2, -0.15) is 5.10 Å². The second kappa shape index (κ2) is 6.57. The molecule has 2 aromatic heterocycles. The van der Waals surface area contributed by atoms with E-state index in [1.165, 1.54) is 11.3 Å². The van der Waals surface area contributed by atoms with Crippen molar-refractivity contribution in [2.75, 3.05) is 11.9 Å². The summed E-state index contributed by atoms with van der Waals surface area (Å²) in [5, 5.41) is 10.4. The highest BCUT2D eigenvalue weighted by molar-refractivity contribution is 7.22. The quantitative estimate of drug-likeness (QED) is 0.578. The van der Waals surface area contributed by atoms with Crippen LogP contribution >= 0.6 is 11.3 Å². The topological polar surface area (TPSA) is 97.0 Å². The molecule has 0 radical (unpaired) electrons. The Morgan fingerprint density at radius 3 is 2.85 bits per heavy atom. The van der Waals surface area contributed by atoms with E-state index in [-0.39, 0.29) is 11.3 Å². The number of benzene rings is 2. The number of hydrogen-bond acceptors (Lipinski definition) is 6. The minimum absolute atomic E-state index is 0.148. The lowest BCUT2D eigenvalue weighted by Gasteiger charge is -2.04. The summed E-state index contributed by atoms with van der Waals surface area (Å²) in [5.41, 5.74) is 0.586. The molecule has 0 unspecified atom stereocenters. The second-order valence-corrected chi connectivity index (χ2v) is 6.51. The van der Waals surface area contributed by atoms with Gasteiger partial charge < -0.3 is 4.74 Å². The molecule has 0 saturated carbocycles. The predicted molar refractivity (Wildman–Crippen MR) is 101 cm³/mol. The summed E-state index contributed by atoms with van der Waals surface area (Å²) in [4.78, 5) is 28.9. The lowest BCUT2D eigenvalue weighted by Crippen LogP contribution is -2.19. The van der Waals surface area contributed by atoms with Crippen LogP contribution in [0.5, 0.6) is 5.75 Å². The Bertz CT molecular complexity index is 1180. The van der Waals surface area contributed by atoms with Gasteiger partial charge >= 0.3 is 0 Å². The van der Waals surface area contributed by atoms with Crippen molar-refractivity contribution in [1.82, 2.24) is 15.2 Å². The van der Waals surface area contributed by atoms with E-state index in [2.05, 4.69) is 20.5 Å². The fraction of sp³-hybridized carbons (Fsp3) is 0.111. The van der Waals surface area contributed by atoms with Crippen molar-refractivity contribution in [2.45, 2.75) is 6.92 Å². The Hall–Kier alpha value is -3.26. The monoisotopic (exact) mass is 366 g/mol. The Balaban J connectivity index is 1.67. The van der Waals surface area contributed by atoms with Crippen LogP contribution in [0.25, 0.3) is 21.0 Å². The molecule has 0 fully saturated rings. The number of nitrogens with zero attached hydrogens (tertiary/aromatic N) is 2. The maximum Gasteiger partial charge on any atom is 0.278 e. The summed E-state index contributed by atoms with van der Waals surface area (Å²) < 4.78 is 6.39. The Kier molecular flexibility index (Phi) is 4.10. The standard InChI is InChI=1S/C18H14N4O3S/c1-2-25-10-7-8-13-14(9-10)26-18(19-13)20-17(24)15-11-5-3-4-6-12(11)16(23)22-21-15/h3-9H,2H2,1H3,(H,22,23)(H,19,20,24). The average molecular weight is 366 g/mol. The number of carbonyl (C=O) groups is 1. The van der Waals surface area contributed by atoms with Crippen LogP contribution in [0, 0.1) is 0 Å². The summed E-state index contributed by atoms with van der Waals surface area (Å²) >= 11 is 1.35. The number of anilines is 1.